The molecule has 1 saturated heterocycles. The van der Waals surface area contributed by atoms with Crippen LogP contribution in [0.2, 0.25) is 0 Å². The van der Waals surface area contributed by atoms with E-state index < -0.39 is 28.8 Å². The Morgan fingerprint density at radius 2 is 1.88 bits per heavy atom. The number of nitrogens with zero attached hydrogens (tertiary/aromatic N) is 3. The lowest BCUT2D eigenvalue weighted by Crippen LogP contribution is -2.54. The lowest BCUT2D eigenvalue weighted by molar-refractivity contribution is 0.0586. The summed E-state index contributed by atoms with van der Waals surface area (Å²) in [5.74, 6) is 0.729. The molecule has 1 aliphatic carbocycles. The molecular weight excluding hydrogens is 430 g/mol. The Morgan fingerprint density at radius 3 is 2.61 bits per heavy atom. The fourth-order valence-corrected chi connectivity index (χ4v) is 6.16. The number of aliphatic hydroxyl groups excluding tert-OH is 1. The average molecular weight is 455 g/mol. The van der Waals surface area contributed by atoms with Gasteiger partial charge in [0.25, 0.3) is 5.56 Å². The summed E-state index contributed by atoms with van der Waals surface area (Å²) >= 11 is 0. The van der Waals surface area contributed by atoms with Crippen LogP contribution in [0.25, 0.3) is 0 Å². The van der Waals surface area contributed by atoms with Crippen LogP contribution < -0.4 is 20.7 Å². The van der Waals surface area contributed by atoms with Gasteiger partial charge in [0.2, 0.25) is 12.7 Å². The molecule has 2 N–H and O–H groups in total. The first-order valence-electron chi connectivity index (χ1n) is 10.9. The molecule has 1 aromatic heterocycles. The molecule has 2 bridgehead atoms. The second-order valence-corrected chi connectivity index (χ2v) is 9.17. The molecule has 6 rings (SSSR count). The Kier molecular flexibility index (Phi) is 4.18. The first kappa shape index (κ1) is 20.5. The molecule has 3 aliphatic heterocycles. The maximum atomic E-state index is 13.3. The molecule has 1 unspecified atom stereocenters. The van der Waals surface area contributed by atoms with Gasteiger partial charge in [0, 0.05) is 33.8 Å². The van der Waals surface area contributed by atoms with Crippen LogP contribution in [0.5, 0.6) is 17.4 Å². The van der Waals surface area contributed by atoms with Gasteiger partial charge in [-0.25, -0.2) is 4.79 Å². The van der Waals surface area contributed by atoms with E-state index in [-0.39, 0.29) is 36.9 Å². The molecule has 6 atom stereocenters. The van der Waals surface area contributed by atoms with Crippen LogP contribution in [-0.4, -0.2) is 62.9 Å². The van der Waals surface area contributed by atoms with Crippen molar-refractivity contribution in [3.05, 3.63) is 61.8 Å². The number of aromatic nitrogens is 2. The number of aliphatic hydroxyl groups is 1. The molecule has 4 heterocycles. The third kappa shape index (κ3) is 2.43. The van der Waals surface area contributed by atoms with E-state index >= 15 is 0 Å². The Morgan fingerprint density at radius 1 is 1.15 bits per heavy atom. The van der Waals surface area contributed by atoms with Crippen LogP contribution >= 0.6 is 0 Å². The number of aromatic hydroxyl groups is 1. The third-order valence-electron chi connectivity index (χ3n) is 7.81. The molecule has 174 valence electrons. The number of methoxy groups -OCH3 is 1. The minimum absolute atomic E-state index is 0.0834. The van der Waals surface area contributed by atoms with Crippen molar-refractivity contribution in [2.75, 3.05) is 20.4 Å². The highest BCUT2D eigenvalue weighted by Crippen LogP contribution is 2.58. The first-order valence-corrected chi connectivity index (χ1v) is 10.9. The highest BCUT2D eigenvalue weighted by molar-refractivity contribution is 5.60. The fourth-order valence-electron chi connectivity index (χ4n) is 6.16. The number of fused-ring (bicyclic) bond motifs is 2. The summed E-state index contributed by atoms with van der Waals surface area (Å²) in [5.41, 5.74) is -0.260. The third-order valence-corrected chi connectivity index (χ3v) is 7.81. The maximum absolute atomic E-state index is 13.3. The molecule has 2 aromatic rings. The van der Waals surface area contributed by atoms with Gasteiger partial charge in [-0.15, -0.1) is 0 Å². The second-order valence-electron chi connectivity index (χ2n) is 9.17. The Labute approximate surface area is 188 Å². The van der Waals surface area contributed by atoms with E-state index in [4.69, 9.17) is 14.2 Å². The molecule has 10 heteroatoms. The predicted molar refractivity (Wildman–Crippen MR) is 116 cm³/mol. The van der Waals surface area contributed by atoms with Gasteiger partial charge in [-0.1, -0.05) is 12.2 Å². The maximum Gasteiger partial charge on any atom is 0.333 e. The van der Waals surface area contributed by atoms with Gasteiger partial charge >= 0.3 is 5.69 Å². The minimum Gasteiger partial charge on any atom is -0.494 e. The van der Waals surface area contributed by atoms with Gasteiger partial charge in [0.15, 0.2) is 11.5 Å². The summed E-state index contributed by atoms with van der Waals surface area (Å²) in [7, 11) is 4.46. The molecule has 1 aromatic carbocycles. The van der Waals surface area contributed by atoms with Crippen LogP contribution in [0.1, 0.15) is 29.2 Å². The van der Waals surface area contributed by atoms with E-state index in [1.54, 1.807) is 7.11 Å². The van der Waals surface area contributed by atoms with Crippen LogP contribution in [0.3, 0.4) is 0 Å². The number of ether oxygens (including phenoxy) is 3. The molecule has 10 nitrogen and oxygen atoms in total. The van der Waals surface area contributed by atoms with Crippen molar-refractivity contribution in [1.82, 2.24) is 14.0 Å². The van der Waals surface area contributed by atoms with Gasteiger partial charge < -0.3 is 24.4 Å². The average Bonchev–Trinajstić information content (AvgIpc) is 3.37. The molecule has 0 saturated carbocycles. The smallest absolute Gasteiger partial charge is 0.333 e. The predicted octanol–water partition coefficient (Wildman–Crippen LogP) is -0.121. The summed E-state index contributed by atoms with van der Waals surface area (Å²) in [5, 5.41) is 22.4. The van der Waals surface area contributed by atoms with Gasteiger partial charge in [-0.2, -0.15) is 0 Å². The van der Waals surface area contributed by atoms with Gasteiger partial charge in [-0.05, 0) is 29.7 Å². The molecule has 4 aliphatic rings. The fraction of sp³-hybridized carbons (Fsp3) is 0.478. The first-order chi connectivity index (χ1) is 15.8. The summed E-state index contributed by atoms with van der Waals surface area (Å²) in [6.45, 7) is 0.364. The second kappa shape index (κ2) is 6.72. The normalized spacial score (nSPS) is 33.2. The number of rotatable bonds is 2. The zero-order chi connectivity index (χ0) is 23.2. The van der Waals surface area contributed by atoms with E-state index in [9.17, 15) is 19.8 Å². The minimum atomic E-state index is -0.751. The summed E-state index contributed by atoms with van der Waals surface area (Å²) in [6.07, 6.45) is 3.68. The molecule has 0 radical (unpaired) electrons. The number of benzene rings is 1. The number of hydrogen-bond acceptors (Lipinski definition) is 8. The van der Waals surface area contributed by atoms with Crippen LogP contribution in [-0.2, 0) is 24.2 Å². The van der Waals surface area contributed by atoms with Crippen molar-refractivity contribution >= 4 is 0 Å². The van der Waals surface area contributed by atoms with E-state index in [0.717, 1.165) is 20.3 Å². The van der Waals surface area contributed by atoms with Crippen molar-refractivity contribution in [2.45, 2.75) is 36.1 Å². The molecular formula is C23H25N3O7. The summed E-state index contributed by atoms with van der Waals surface area (Å²) in [6, 6.07) is 2.82. The molecule has 0 amide bonds. The molecule has 1 fully saturated rings. The van der Waals surface area contributed by atoms with Crippen LogP contribution in [0, 0.1) is 0 Å². The van der Waals surface area contributed by atoms with Crippen molar-refractivity contribution in [2.24, 2.45) is 14.1 Å². The molecule has 0 spiro atoms. The lowest BCUT2D eigenvalue weighted by Gasteiger charge is -2.49. The van der Waals surface area contributed by atoms with E-state index in [0.29, 0.717) is 17.9 Å². The molecule has 33 heavy (non-hydrogen) atoms. The van der Waals surface area contributed by atoms with Crippen LogP contribution in [0.15, 0.2) is 33.9 Å². The van der Waals surface area contributed by atoms with Crippen molar-refractivity contribution in [3.63, 3.8) is 0 Å². The van der Waals surface area contributed by atoms with Crippen molar-refractivity contribution in [3.8, 4) is 17.4 Å². The standard InChI is InChI=1S/C23H25N3O7/c1-24-20(28)18(21(29)25(2)22(24)30)19-12-7-14-15(33-10-32-14)8-13(12)23-5-4-11(31-3)6-16(23)26(19)9-17(23)27/h4-5,7-8,11,16-17,19,27-28H,6,9-10H2,1-3H3/t11-,16+,17+,19-,23+/m1/s1. The van der Waals surface area contributed by atoms with Gasteiger partial charge in [0.05, 0.1) is 29.2 Å². The van der Waals surface area contributed by atoms with E-state index in [1.807, 2.05) is 29.2 Å². The Bertz CT molecular complexity index is 1330. The van der Waals surface area contributed by atoms with Crippen LogP contribution in [0.4, 0.5) is 0 Å². The zero-order valence-corrected chi connectivity index (χ0v) is 18.5. The monoisotopic (exact) mass is 455 g/mol. The van der Waals surface area contributed by atoms with E-state index in [2.05, 4.69) is 0 Å². The highest BCUT2D eigenvalue weighted by Gasteiger charge is 2.62. The lowest BCUT2D eigenvalue weighted by atomic mass is 9.63. The Hall–Kier alpha value is -3.08. The van der Waals surface area contributed by atoms with E-state index in [1.165, 1.54) is 14.1 Å². The van der Waals surface area contributed by atoms with Gasteiger partial charge in [0.1, 0.15) is 0 Å². The quantitative estimate of drug-likeness (QED) is 0.603. The zero-order valence-electron chi connectivity index (χ0n) is 18.5. The SMILES string of the molecule is CO[C@@H]1C=C[C@@]23c4cc5c(cc4[C@H](c4c(O)n(C)c(=O)n(C)c4=O)N(C[C@@H]2O)[C@H]3C1)OCO5. The number of hydrogen-bond donors (Lipinski definition) is 2. The topological polar surface area (TPSA) is 115 Å². The van der Waals surface area contributed by atoms with Crippen molar-refractivity contribution in [1.29, 1.82) is 0 Å². The highest BCUT2D eigenvalue weighted by atomic mass is 16.7. The summed E-state index contributed by atoms with van der Waals surface area (Å²) < 4.78 is 18.9. The largest absolute Gasteiger partial charge is 0.494 e. The Balaban J connectivity index is 1.69. The van der Waals surface area contributed by atoms with Gasteiger partial charge in [-0.3, -0.25) is 18.8 Å². The summed E-state index contributed by atoms with van der Waals surface area (Å²) in [4.78, 5) is 27.8. The van der Waals surface area contributed by atoms with Crippen molar-refractivity contribution < 1.29 is 24.4 Å².